The lowest BCUT2D eigenvalue weighted by Crippen LogP contribution is -2.39. The Morgan fingerprint density at radius 1 is 1.47 bits per heavy atom. The number of carbonyl (C=O) groups excluding carboxylic acids is 1. The van der Waals surface area contributed by atoms with E-state index in [1.165, 1.54) is 11.3 Å². The second-order valence-corrected chi connectivity index (χ2v) is 6.41. The third-order valence-corrected chi connectivity index (χ3v) is 4.83. The molecule has 6 heteroatoms. The van der Waals surface area contributed by atoms with Crippen LogP contribution in [0.5, 0.6) is 0 Å². The Morgan fingerprint density at radius 3 is 2.79 bits per heavy atom. The second-order valence-electron chi connectivity index (χ2n) is 4.36. The first-order valence-electron chi connectivity index (χ1n) is 5.95. The minimum absolute atomic E-state index is 0.0776. The lowest BCUT2D eigenvalue weighted by molar-refractivity contribution is 0.0916. The quantitative estimate of drug-likeness (QED) is 0.889. The first-order valence-corrected chi connectivity index (χ1v) is 7.71. The highest BCUT2D eigenvalue weighted by atomic mass is 32.1. The van der Waals surface area contributed by atoms with Crippen molar-refractivity contribution >= 4 is 28.6 Å². The van der Waals surface area contributed by atoms with Gasteiger partial charge in [0.25, 0.3) is 5.91 Å². The van der Waals surface area contributed by atoms with Gasteiger partial charge in [0.05, 0.1) is 23.7 Å². The van der Waals surface area contributed by atoms with Crippen molar-refractivity contribution in [2.45, 2.75) is 26.3 Å². The van der Waals surface area contributed by atoms with Crippen LogP contribution >= 0.6 is 22.7 Å². The summed E-state index contributed by atoms with van der Waals surface area (Å²) in [5.41, 5.74) is 3.46. The van der Waals surface area contributed by atoms with Gasteiger partial charge in [0.15, 0.2) is 0 Å². The van der Waals surface area contributed by atoms with Crippen LogP contribution < -0.4 is 5.32 Å². The molecule has 1 amide bonds. The van der Waals surface area contributed by atoms with Gasteiger partial charge >= 0.3 is 0 Å². The highest BCUT2D eigenvalue weighted by Crippen LogP contribution is 2.20. The predicted octanol–water partition coefficient (Wildman–Crippen LogP) is 2.15. The van der Waals surface area contributed by atoms with E-state index in [1.807, 2.05) is 19.2 Å². The average Bonchev–Trinajstić information content (AvgIpc) is 3.00. The summed E-state index contributed by atoms with van der Waals surface area (Å²) in [5.74, 6) is -0.120. The van der Waals surface area contributed by atoms with Crippen LogP contribution in [0.15, 0.2) is 17.1 Å². The number of hydrogen-bond donors (Lipinski definition) is 2. The van der Waals surface area contributed by atoms with E-state index in [1.54, 1.807) is 23.0 Å². The van der Waals surface area contributed by atoms with E-state index < -0.39 is 0 Å². The van der Waals surface area contributed by atoms with Gasteiger partial charge in [0.1, 0.15) is 0 Å². The van der Waals surface area contributed by atoms with Gasteiger partial charge in [-0.25, -0.2) is 0 Å². The monoisotopic (exact) mass is 296 g/mol. The van der Waals surface area contributed by atoms with Gasteiger partial charge in [-0.05, 0) is 19.4 Å². The standard InChI is InChI=1S/C13H16N2O2S2/c1-8-9(2)18-6-12(8)13(17)15-10(5-16)3-11-4-14-7-19-11/h4,6-7,10,16H,3,5H2,1-2H3,(H,15,17). The molecule has 0 spiro atoms. The average molecular weight is 296 g/mol. The van der Waals surface area contributed by atoms with Gasteiger partial charge < -0.3 is 10.4 Å². The first kappa shape index (κ1) is 14.2. The molecule has 102 valence electrons. The molecule has 0 aromatic carbocycles. The highest BCUT2D eigenvalue weighted by Gasteiger charge is 2.17. The van der Waals surface area contributed by atoms with Crippen molar-refractivity contribution in [3.05, 3.63) is 38.0 Å². The van der Waals surface area contributed by atoms with Crippen molar-refractivity contribution in [2.75, 3.05) is 6.61 Å². The minimum atomic E-state index is -0.271. The van der Waals surface area contributed by atoms with Crippen molar-refractivity contribution < 1.29 is 9.90 Å². The van der Waals surface area contributed by atoms with Crippen LogP contribution in [0, 0.1) is 13.8 Å². The minimum Gasteiger partial charge on any atom is -0.394 e. The Balaban J connectivity index is 2.02. The van der Waals surface area contributed by atoms with Crippen LogP contribution in [0.3, 0.4) is 0 Å². The normalized spacial score (nSPS) is 12.4. The van der Waals surface area contributed by atoms with Gasteiger partial charge in [-0.15, -0.1) is 22.7 Å². The maximum atomic E-state index is 12.1. The van der Waals surface area contributed by atoms with Crippen LogP contribution in [0.2, 0.25) is 0 Å². The third kappa shape index (κ3) is 3.40. The van der Waals surface area contributed by atoms with E-state index in [0.29, 0.717) is 12.0 Å². The van der Waals surface area contributed by atoms with E-state index in [2.05, 4.69) is 10.3 Å². The number of aromatic nitrogens is 1. The number of thiazole rings is 1. The number of thiophene rings is 1. The molecule has 2 aromatic rings. The van der Waals surface area contributed by atoms with Gasteiger partial charge in [-0.2, -0.15) is 0 Å². The van der Waals surface area contributed by atoms with E-state index >= 15 is 0 Å². The smallest absolute Gasteiger partial charge is 0.252 e. The van der Waals surface area contributed by atoms with Crippen molar-refractivity contribution in [1.82, 2.24) is 10.3 Å². The number of aliphatic hydroxyl groups is 1. The molecular weight excluding hydrogens is 280 g/mol. The molecule has 4 nitrogen and oxygen atoms in total. The molecule has 0 aliphatic carbocycles. The fourth-order valence-electron chi connectivity index (χ4n) is 1.75. The summed E-state index contributed by atoms with van der Waals surface area (Å²) in [7, 11) is 0. The van der Waals surface area contributed by atoms with Crippen molar-refractivity contribution in [3.63, 3.8) is 0 Å². The summed E-state index contributed by atoms with van der Waals surface area (Å²) in [6.45, 7) is 3.86. The topological polar surface area (TPSA) is 62.2 Å². The van der Waals surface area contributed by atoms with Gasteiger partial charge in [0.2, 0.25) is 0 Å². The molecule has 19 heavy (non-hydrogen) atoms. The predicted molar refractivity (Wildman–Crippen MR) is 78.0 cm³/mol. The molecule has 1 unspecified atom stereocenters. The zero-order chi connectivity index (χ0) is 13.8. The highest BCUT2D eigenvalue weighted by molar-refractivity contribution is 7.10. The summed E-state index contributed by atoms with van der Waals surface area (Å²) in [5, 5.41) is 14.1. The van der Waals surface area contributed by atoms with Crippen LogP contribution in [-0.4, -0.2) is 28.6 Å². The van der Waals surface area contributed by atoms with Crippen LogP contribution in [0.1, 0.15) is 25.7 Å². The summed E-state index contributed by atoms with van der Waals surface area (Å²) in [6, 6.07) is -0.271. The van der Waals surface area contributed by atoms with Crippen molar-refractivity contribution in [1.29, 1.82) is 0 Å². The Hall–Kier alpha value is -1.24. The van der Waals surface area contributed by atoms with Crippen LogP contribution in [-0.2, 0) is 6.42 Å². The molecule has 0 aliphatic heterocycles. The first-order chi connectivity index (χ1) is 9.11. The second kappa shape index (κ2) is 6.27. The molecule has 0 aliphatic rings. The van der Waals surface area contributed by atoms with Crippen LogP contribution in [0.25, 0.3) is 0 Å². The third-order valence-electron chi connectivity index (χ3n) is 3.02. The molecule has 0 radical (unpaired) electrons. The molecule has 0 fully saturated rings. The zero-order valence-corrected chi connectivity index (χ0v) is 12.5. The molecule has 0 bridgehead atoms. The Morgan fingerprint density at radius 2 is 2.26 bits per heavy atom. The number of aliphatic hydroxyl groups excluding tert-OH is 1. The van der Waals surface area contributed by atoms with E-state index in [4.69, 9.17) is 0 Å². The summed E-state index contributed by atoms with van der Waals surface area (Å²) in [4.78, 5) is 18.3. The number of nitrogens with one attached hydrogen (secondary N) is 1. The molecule has 0 saturated carbocycles. The SMILES string of the molecule is Cc1scc(C(=O)NC(CO)Cc2cncs2)c1C. The fourth-order valence-corrected chi connectivity index (χ4v) is 3.29. The molecule has 1 atom stereocenters. The number of nitrogens with zero attached hydrogens (tertiary/aromatic N) is 1. The Bertz CT molecular complexity index is 549. The van der Waals surface area contributed by atoms with Gasteiger partial charge in [0, 0.05) is 27.8 Å². The summed E-state index contributed by atoms with van der Waals surface area (Å²) in [6.07, 6.45) is 2.37. The maximum absolute atomic E-state index is 12.1. The lowest BCUT2D eigenvalue weighted by Gasteiger charge is -2.15. The van der Waals surface area contributed by atoms with Crippen LogP contribution in [0.4, 0.5) is 0 Å². The molecule has 0 saturated heterocycles. The fraction of sp³-hybridized carbons (Fsp3) is 0.385. The molecule has 2 rings (SSSR count). The number of rotatable bonds is 5. The molecule has 2 N–H and O–H groups in total. The van der Waals surface area contributed by atoms with Crippen molar-refractivity contribution in [3.8, 4) is 0 Å². The number of carbonyl (C=O) groups is 1. The lowest BCUT2D eigenvalue weighted by atomic mass is 10.1. The van der Waals surface area contributed by atoms with E-state index in [0.717, 1.165) is 15.3 Å². The van der Waals surface area contributed by atoms with Gasteiger partial charge in [-0.3, -0.25) is 9.78 Å². The zero-order valence-electron chi connectivity index (χ0n) is 10.8. The summed E-state index contributed by atoms with van der Waals surface area (Å²) < 4.78 is 0. The molecule has 2 heterocycles. The molecule has 2 aromatic heterocycles. The van der Waals surface area contributed by atoms with Gasteiger partial charge in [-0.1, -0.05) is 0 Å². The molecular formula is C13H16N2O2S2. The maximum Gasteiger partial charge on any atom is 0.252 e. The number of hydrogen-bond acceptors (Lipinski definition) is 5. The Labute approximate surface area is 120 Å². The number of aryl methyl sites for hydroxylation is 1. The Kier molecular flexibility index (Phi) is 4.68. The van der Waals surface area contributed by atoms with E-state index in [9.17, 15) is 9.90 Å². The van der Waals surface area contributed by atoms with Crippen molar-refractivity contribution in [2.24, 2.45) is 0 Å². The van der Waals surface area contributed by atoms with E-state index in [-0.39, 0.29) is 18.6 Å². The largest absolute Gasteiger partial charge is 0.394 e. The number of amides is 1. The summed E-state index contributed by atoms with van der Waals surface area (Å²) >= 11 is 3.09.